The molecule has 0 aromatic heterocycles. The topological polar surface area (TPSA) is 96.0 Å². The van der Waals surface area contributed by atoms with Gasteiger partial charge in [-0.1, -0.05) is 96.4 Å². The van der Waals surface area contributed by atoms with Crippen LogP contribution < -0.4 is 14.4 Å². The number of methoxy groups -OCH3 is 1. The van der Waals surface area contributed by atoms with Crippen molar-refractivity contribution in [3.05, 3.63) is 124 Å². The average Bonchev–Trinajstić information content (AvgIpc) is 3.06. The number of ether oxygens (including phenoxy) is 1. The Balaban J connectivity index is 1.85. The zero-order chi connectivity index (χ0) is 34.1. The van der Waals surface area contributed by atoms with Crippen LogP contribution in [0.3, 0.4) is 0 Å². The highest BCUT2D eigenvalue weighted by atomic mass is 35.5. The van der Waals surface area contributed by atoms with E-state index in [4.69, 9.17) is 16.3 Å². The quantitative estimate of drug-likeness (QED) is 0.160. The van der Waals surface area contributed by atoms with E-state index in [1.165, 1.54) is 30.2 Å². The molecule has 2 atom stereocenters. The summed E-state index contributed by atoms with van der Waals surface area (Å²) in [6.07, 6.45) is 0.929. The lowest BCUT2D eigenvalue weighted by atomic mass is 10.0. The number of rotatable bonds is 14. The van der Waals surface area contributed by atoms with Gasteiger partial charge in [-0.15, -0.1) is 0 Å². The molecule has 2 amide bonds. The minimum atomic E-state index is -4.31. The largest absolute Gasteiger partial charge is 0.495 e. The third-order valence-corrected chi connectivity index (χ3v) is 10.1. The zero-order valence-corrected chi connectivity index (χ0v) is 29.0. The Bertz CT molecular complexity index is 1760. The molecule has 0 fully saturated rings. The second-order valence-corrected chi connectivity index (χ2v) is 14.0. The van der Waals surface area contributed by atoms with Gasteiger partial charge in [0.1, 0.15) is 18.3 Å². The molecule has 2 unspecified atom stereocenters. The number of halogens is 1. The molecule has 4 rings (SSSR count). The summed E-state index contributed by atoms with van der Waals surface area (Å²) in [5.74, 6) is -0.668. The molecule has 4 aromatic carbocycles. The van der Waals surface area contributed by atoms with Gasteiger partial charge in [-0.05, 0) is 68.7 Å². The van der Waals surface area contributed by atoms with Crippen LogP contribution in [0, 0.1) is 13.8 Å². The Labute approximate surface area is 283 Å². The number of hydrogen-bond acceptors (Lipinski definition) is 5. The number of amides is 2. The maximum Gasteiger partial charge on any atom is 0.264 e. The fraction of sp³-hybridized carbons (Fsp3) is 0.297. The van der Waals surface area contributed by atoms with Crippen LogP contribution in [0.25, 0.3) is 0 Å². The van der Waals surface area contributed by atoms with Gasteiger partial charge < -0.3 is 15.0 Å². The standard InChI is InChI=1S/C37H42ClN3O5S/c1-6-28(4)39-37(43)34(22-29-10-8-7-9-11-29)40(24-30-16-12-26(2)13-17-30)36(42)25-41(33-23-31(38)18-21-35(33)46-5)47(44,45)32-19-14-27(3)15-20-32/h7-21,23,28,34H,6,22,24-25H2,1-5H3,(H,39,43). The average molecular weight is 676 g/mol. The number of aryl methyl sites for hydroxylation is 2. The molecule has 248 valence electrons. The van der Waals surface area contributed by atoms with Crippen molar-refractivity contribution < 1.29 is 22.7 Å². The summed E-state index contributed by atoms with van der Waals surface area (Å²) in [4.78, 5) is 30.1. The van der Waals surface area contributed by atoms with Crippen molar-refractivity contribution in [2.24, 2.45) is 0 Å². The van der Waals surface area contributed by atoms with Crippen molar-refractivity contribution in [1.29, 1.82) is 0 Å². The highest BCUT2D eigenvalue weighted by molar-refractivity contribution is 7.92. The molecule has 0 radical (unpaired) electrons. The highest BCUT2D eigenvalue weighted by Gasteiger charge is 2.36. The zero-order valence-electron chi connectivity index (χ0n) is 27.4. The van der Waals surface area contributed by atoms with Crippen LogP contribution in [0.2, 0.25) is 5.02 Å². The van der Waals surface area contributed by atoms with Crippen molar-refractivity contribution >= 4 is 39.1 Å². The normalized spacial score (nSPS) is 12.6. The summed E-state index contributed by atoms with van der Waals surface area (Å²) in [7, 11) is -2.89. The van der Waals surface area contributed by atoms with E-state index < -0.39 is 28.5 Å². The second kappa shape index (κ2) is 16.0. The van der Waals surface area contributed by atoms with Crippen LogP contribution in [0.15, 0.2) is 102 Å². The van der Waals surface area contributed by atoms with Gasteiger partial charge in [-0.2, -0.15) is 0 Å². The minimum Gasteiger partial charge on any atom is -0.495 e. The van der Waals surface area contributed by atoms with Crippen molar-refractivity contribution in [3.8, 4) is 5.75 Å². The Kier molecular flexibility index (Phi) is 12.1. The molecule has 1 N–H and O–H groups in total. The monoisotopic (exact) mass is 675 g/mol. The number of nitrogens with zero attached hydrogens (tertiary/aromatic N) is 2. The molecule has 0 heterocycles. The number of nitrogens with one attached hydrogen (secondary N) is 1. The molecule has 0 aliphatic rings. The summed E-state index contributed by atoms with van der Waals surface area (Å²) in [6, 6.07) is 27.1. The van der Waals surface area contributed by atoms with E-state index in [2.05, 4.69) is 5.32 Å². The van der Waals surface area contributed by atoms with Crippen LogP contribution in [0.5, 0.6) is 5.75 Å². The van der Waals surface area contributed by atoms with Crippen LogP contribution in [0.4, 0.5) is 5.69 Å². The van der Waals surface area contributed by atoms with E-state index in [-0.39, 0.29) is 46.3 Å². The third-order valence-electron chi connectivity index (χ3n) is 8.04. The maximum atomic E-state index is 14.7. The van der Waals surface area contributed by atoms with Gasteiger partial charge >= 0.3 is 0 Å². The smallest absolute Gasteiger partial charge is 0.264 e. The summed E-state index contributed by atoms with van der Waals surface area (Å²) in [5, 5.41) is 3.32. The number of anilines is 1. The van der Waals surface area contributed by atoms with Gasteiger partial charge in [0, 0.05) is 24.0 Å². The number of sulfonamides is 1. The molecule has 0 spiro atoms. The molecule has 0 aliphatic heterocycles. The van der Waals surface area contributed by atoms with Gasteiger partial charge in [0.25, 0.3) is 10.0 Å². The third kappa shape index (κ3) is 9.14. The van der Waals surface area contributed by atoms with Crippen molar-refractivity contribution in [3.63, 3.8) is 0 Å². The van der Waals surface area contributed by atoms with E-state index >= 15 is 0 Å². The van der Waals surface area contributed by atoms with E-state index in [0.717, 1.165) is 26.6 Å². The summed E-state index contributed by atoms with van der Waals surface area (Å²) < 4.78 is 35.2. The second-order valence-electron chi connectivity index (χ2n) is 11.7. The van der Waals surface area contributed by atoms with Crippen molar-refractivity contribution in [2.45, 2.75) is 64.1 Å². The first-order chi connectivity index (χ1) is 22.4. The predicted octanol–water partition coefficient (Wildman–Crippen LogP) is 6.72. The van der Waals surface area contributed by atoms with Crippen molar-refractivity contribution in [2.75, 3.05) is 18.0 Å². The first-order valence-electron chi connectivity index (χ1n) is 15.5. The summed E-state index contributed by atoms with van der Waals surface area (Å²) >= 11 is 6.37. The van der Waals surface area contributed by atoms with E-state index in [0.29, 0.717) is 6.42 Å². The Morgan fingerprint density at radius 2 is 1.49 bits per heavy atom. The lowest BCUT2D eigenvalue weighted by molar-refractivity contribution is -0.140. The Hall–Kier alpha value is -4.34. The number of hydrogen-bond donors (Lipinski definition) is 1. The van der Waals surface area contributed by atoms with Gasteiger partial charge in [0.15, 0.2) is 0 Å². The molecule has 0 saturated heterocycles. The van der Waals surface area contributed by atoms with Crippen LogP contribution in [-0.2, 0) is 32.6 Å². The van der Waals surface area contributed by atoms with E-state index in [1.54, 1.807) is 24.3 Å². The Morgan fingerprint density at radius 3 is 2.09 bits per heavy atom. The Morgan fingerprint density at radius 1 is 0.872 bits per heavy atom. The lowest BCUT2D eigenvalue weighted by Gasteiger charge is -2.34. The molecule has 47 heavy (non-hydrogen) atoms. The number of carbonyl (C=O) groups excluding carboxylic acids is 2. The molecule has 0 saturated carbocycles. The van der Waals surface area contributed by atoms with E-state index in [9.17, 15) is 18.0 Å². The molecule has 0 bridgehead atoms. The fourth-order valence-electron chi connectivity index (χ4n) is 5.09. The van der Waals surface area contributed by atoms with E-state index in [1.807, 2.05) is 82.3 Å². The molecular formula is C37H42ClN3O5S. The summed E-state index contributed by atoms with van der Waals surface area (Å²) in [5.41, 5.74) is 3.69. The molecule has 0 aliphatic carbocycles. The van der Waals surface area contributed by atoms with Crippen LogP contribution >= 0.6 is 11.6 Å². The van der Waals surface area contributed by atoms with Crippen molar-refractivity contribution in [1.82, 2.24) is 10.2 Å². The number of carbonyl (C=O) groups is 2. The summed E-state index contributed by atoms with van der Waals surface area (Å²) in [6.45, 7) is 7.18. The fourth-order valence-corrected chi connectivity index (χ4v) is 6.68. The van der Waals surface area contributed by atoms with Gasteiger partial charge in [0.2, 0.25) is 11.8 Å². The van der Waals surface area contributed by atoms with Crippen LogP contribution in [-0.4, -0.2) is 50.9 Å². The van der Waals surface area contributed by atoms with Gasteiger partial charge in [-0.25, -0.2) is 8.42 Å². The SMILES string of the molecule is CCC(C)NC(=O)C(Cc1ccccc1)N(Cc1ccc(C)cc1)C(=O)CN(c1cc(Cl)ccc1OC)S(=O)(=O)c1ccc(C)cc1. The van der Waals surface area contributed by atoms with Gasteiger partial charge in [0.05, 0.1) is 17.7 Å². The highest BCUT2D eigenvalue weighted by Crippen LogP contribution is 2.35. The molecule has 10 heteroatoms. The van der Waals surface area contributed by atoms with Gasteiger partial charge in [-0.3, -0.25) is 13.9 Å². The first kappa shape index (κ1) is 35.5. The lowest BCUT2D eigenvalue weighted by Crippen LogP contribution is -2.54. The van der Waals surface area contributed by atoms with Crippen LogP contribution in [0.1, 0.15) is 42.5 Å². The molecular weight excluding hydrogens is 634 g/mol. The first-order valence-corrected chi connectivity index (χ1v) is 17.4. The number of benzene rings is 4. The predicted molar refractivity (Wildman–Crippen MR) is 187 cm³/mol. The maximum absolute atomic E-state index is 14.7. The molecule has 8 nitrogen and oxygen atoms in total. The minimum absolute atomic E-state index is 0.00152. The molecule has 4 aromatic rings.